The van der Waals surface area contributed by atoms with Gasteiger partial charge in [0.05, 0.1) is 16.8 Å². The van der Waals surface area contributed by atoms with Crippen molar-refractivity contribution in [2.45, 2.75) is 51.2 Å². The number of nitrogens with one attached hydrogen (secondary N) is 1. The number of aromatic nitrogens is 2. The zero-order valence-corrected chi connectivity index (χ0v) is 13.7. The number of rotatable bonds is 4. The van der Waals surface area contributed by atoms with Crippen LogP contribution in [-0.2, 0) is 0 Å². The zero-order valence-electron chi connectivity index (χ0n) is 13.0. The van der Waals surface area contributed by atoms with Gasteiger partial charge < -0.3 is 10.5 Å². The number of H-pyrrole nitrogens is 1. The van der Waals surface area contributed by atoms with Crippen LogP contribution in [0.3, 0.4) is 0 Å². The molecule has 3 N–H and O–H groups in total. The molecule has 5 heteroatoms. The Balaban J connectivity index is 1.80. The average molecular weight is 320 g/mol. The smallest absolute Gasteiger partial charge is 0.138 e. The Hall–Kier alpha value is -1.52. The molecular formula is C17H22ClN3O. The molecule has 1 aromatic carbocycles. The second-order valence-electron chi connectivity index (χ2n) is 6.29. The van der Waals surface area contributed by atoms with Crippen molar-refractivity contribution >= 4 is 11.6 Å². The van der Waals surface area contributed by atoms with Crippen LogP contribution in [0, 0.1) is 0 Å². The molecule has 1 saturated carbocycles. The molecule has 0 bridgehead atoms. The largest absolute Gasteiger partial charge is 0.489 e. The van der Waals surface area contributed by atoms with E-state index in [1.165, 1.54) is 5.69 Å². The number of nitrogens with two attached hydrogens (primary N) is 1. The molecule has 0 radical (unpaired) electrons. The molecule has 1 aromatic heterocycles. The lowest BCUT2D eigenvalue weighted by atomic mass is 10.0. The normalized spacial score (nSPS) is 21.5. The lowest BCUT2D eigenvalue weighted by Gasteiger charge is -2.11. The van der Waals surface area contributed by atoms with Gasteiger partial charge in [0.25, 0.3) is 0 Å². The number of halogens is 1. The molecule has 4 nitrogen and oxygen atoms in total. The summed E-state index contributed by atoms with van der Waals surface area (Å²) in [7, 11) is 0. The van der Waals surface area contributed by atoms with Crippen LogP contribution in [0.25, 0.3) is 11.3 Å². The van der Waals surface area contributed by atoms with Crippen LogP contribution in [0.2, 0.25) is 5.02 Å². The molecule has 0 spiro atoms. The molecule has 118 valence electrons. The predicted molar refractivity (Wildman–Crippen MR) is 89.4 cm³/mol. The molecule has 22 heavy (non-hydrogen) atoms. The lowest BCUT2D eigenvalue weighted by Crippen LogP contribution is -2.14. The van der Waals surface area contributed by atoms with Crippen molar-refractivity contribution in [3.8, 4) is 17.0 Å². The van der Waals surface area contributed by atoms with Crippen LogP contribution >= 0.6 is 11.6 Å². The third-order valence-corrected chi connectivity index (χ3v) is 4.40. The number of benzene rings is 1. The van der Waals surface area contributed by atoms with Gasteiger partial charge in [-0.3, -0.25) is 5.10 Å². The van der Waals surface area contributed by atoms with E-state index in [9.17, 15) is 0 Å². The predicted octanol–water partition coefficient (Wildman–Crippen LogP) is 4.11. The quantitative estimate of drug-likeness (QED) is 0.891. The summed E-state index contributed by atoms with van der Waals surface area (Å²) in [4.78, 5) is 0. The molecular weight excluding hydrogens is 298 g/mol. The fraction of sp³-hybridized carbons (Fsp3) is 0.471. The monoisotopic (exact) mass is 319 g/mol. The number of hydrogen-bond donors (Lipinski definition) is 2. The minimum Gasteiger partial charge on any atom is -0.489 e. The molecule has 0 amide bonds. The van der Waals surface area contributed by atoms with Crippen molar-refractivity contribution in [3.05, 3.63) is 35.0 Å². The summed E-state index contributed by atoms with van der Waals surface area (Å²) in [6, 6.07) is 8.22. The van der Waals surface area contributed by atoms with Crippen LogP contribution in [0.4, 0.5) is 0 Å². The van der Waals surface area contributed by atoms with Crippen molar-refractivity contribution in [1.29, 1.82) is 0 Å². The van der Waals surface area contributed by atoms with Gasteiger partial charge in [-0.1, -0.05) is 11.6 Å². The Morgan fingerprint density at radius 1 is 1.32 bits per heavy atom. The highest BCUT2D eigenvalue weighted by Crippen LogP contribution is 2.35. The van der Waals surface area contributed by atoms with Crippen molar-refractivity contribution in [1.82, 2.24) is 10.2 Å². The third-order valence-electron chi connectivity index (χ3n) is 4.10. The van der Waals surface area contributed by atoms with Crippen LogP contribution in [0.5, 0.6) is 5.75 Å². The highest BCUT2D eigenvalue weighted by molar-refractivity contribution is 6.32. The molecule has 3 rings (SSSR count). The van der Waals surface area contributed by atoms with Gasteiger partial charge in [0.2, 0.25) is 0 Å². The summed E-state index contributed by atoms with van der Waals surface area (Å²) in [5.41, 5.74) is 9.06. The summed E-state index contributed by atoms with van der Waals surface area (Å²) in [5.74, 6) is 1.20. The first-order chi connectivity index (χ1) is 10.5. The Labute approximate surface area is 136 Å². The van der Waals surface area contributed by atoms with Gasteiger partial charge in [-0.25, -0.2) is 0 Å². The fourth-order valence-electron chi connectivity index (χ4n) is 3.00. The molecule has 1 fully saturated rings. The van der Waals surface area contributed by atoms with Gasteiger partial charge in [0.15, 0.2) is 0 Å². The molecule has 2 atom stereocenters. The van der Waals surface area contributed by atoms with E-state index in [0.717, 1.165) is 30.5 Å². The van der Waals surface area contributed by atoms with Gasteiger partial charge in [0.1, 0.15) is 5.75 Å². The van der Waals surface area contributed by atoms with E-state index >= 15 is 0 Å². The van der Waals surface area contributed by atoms with Crippen molar-refractivity contribution in [3.63, 3.8) is 0 Å². The third kappa shape index (κ3) is 3.28. The van der Waals surface area contributed by atoms with Gasteiger partial charge in [-0.05, 0) is 57.4 Å². The average Bonchev–Trinajstić information content (AvgIpc) is 3.09. The van der Waals surface area contributed by atoms with E-state index in [1.807, 2.05) is 32.0 Å². The highest BCUT2D eigenvalue weighted by Gasteiger charge is 2.24. The van der Waals surface area contributed by atoms with E-state index in [0.29, 0.717) is 22.7 Å². The fourth-order valence-corrected chi connectivity index (χ4v) is 3.23. The first-order valence-electron chi connectivity index (χ1n) is 7.80. The maximum Gasteiger partial charge on any atom is 0.138 e. The number of aromatic amines is 1. The Morgan fingerprint density at radius 2 is 2.14 bits per heavy atom. The highest BCUT2D eigenvalue weighted by atomic mass is 35.5. The van der Waals surface area contributed by atoms with Crippen molar-refractivity contribution in [2.24, 2.45) is 5.73 Å². The van der Waals surface area contributed by atoms with Crippen molar-refractivity contribution in [2.75, 3.05) is 0 Å². The maximum atomic E-state index is 6.30. The first kappa shape index (κ1) is 15.4. The minimum absolute atomic E-state index is 0.104. The molecule has 2 unspecified atom stereocenters. The lowest BCUT2D eigenvalue weighted by molar-refractivity contribution is 0.242. The standard InChI is InChI=1S/C17H22ClN3O/c1-10(2)22-17-6-4-12(8-14(17)18)16-9-15(20-21-16)11-3-5-13(19)7-11/h4,6,8-11,13H,3,5,7,19H2,1-2H3,(H,20,21). The van der Waals surface area contributed by atoms with E-state index in [4.69, 9.17) is 22.1 Å². The second-order valence-corrected chi connectivity index (χ2v) is 6.70. The van der Waals surface area contributed by atoms with E-state index in [2.05, 4.69) is 16.3 Å². The molecule has 1 aliphatic carbocycles. The summed E-state index contributed by atoms with van der Waals surface area (Å²) in [6.07, 6.45) is 3.35. The van der Waals surface area contributed by atoms with Gasteiger partial charge in [0, 0.05) is 23.2 Å². The minimum atomic E-state index is 0.104. The summed E-state index contributed by atoms with van der Waals surface area (Å²) in [6.45, 7) is 3.97. The van der Waals surface area contributed by atoms with Crippen LogP contribution in [0.1, 0.15) is 44.7 Å². The molecule has 1 heterocycles. The molecule has 1 aliphatic rings. The van der Waals surface area contributed by atoms with E-state index in [1.54, 1.807) is 0 Å². The molecule has 2 aromatic rings. The molecule has 0 saturated heterocycles. The van der Waals surface area contributed by atoms with E-state index in [-0.39, 0.29) is 6.10 Å². The molecule has 0 aliphatic heterocycles. The number of ether oxygens (including phenoxy) is 1. The second kappa shape index (κ2) is 6.31. The Bertz CT molecular complexity index is 653. The van der Waals surface area contributed by atoms with Crippen LogP contribution in [0.15, 0.2) is 24.3 Å². The summed E-state index contributed by atoms with van der Waals surface area (Å²) < 4.78 is 5.66. The maximum absolute atomic E-state index is 6.30. The van der Waals surface area contributed by atoms with Gasteiger partial charge in [-0.15, -0.1) is 0 Å². The summed E-state index contributed by atoms with van der Waals surface area (Å²) >= 11 is 6.30. The van der Waals surface area contributed by atoms with Crippen LogP contribution in [-0.4, -0.2) is 22.3 Å². The van der Waals surface area contributed by atoms with Gasteiger partial charge >= 0.3 is 0 Å². The van der Waals surface area contributed by atoms with Crippen molar-refractivity contribution < 1.29 is 4.74 Å². The SMILES string of the molecule is CC(C)Oc1ccc(-c2cc(C3CCC(N)C3)[nH]n2)cc1Cl. The number of hydrogen-bond acceptors (Lipinski definition) is 3. The van der Waals surface area contributed by atoms with E-state index < -0.39 is 0 Å². The number of nitrogens with zero attached hydrogens (tertiary/aromatic N) is 1. The summed E-state index contributed by atoms with van der Waals surface area (Å²) in [5, 5.41) is 8.19. The topological polar surface area (TPSA) is 63.9 Å². The Kier molecular flexibility index (Phi) is 4.41. The van der Waals surface area contributed by atoms with Gasteiger partial charge in [-0.2, -0.15) is 5.10 Å². The Morgan fingerprint density at radius 3 is 2.77 bits per heavy atom. The zero-order chi connectivity index (χ0) is 15.7. The van der Waals surface area contributed by atoms with Crippen LogP contribution < -0.4 is 10.5 Å². The first-order valence-corrected chi connectivity index (χ1v) is 8.18.